The molecule has 1 N–H and O–H groups in total. The zero-order valence-corrected chi connectivity index (χ0v) is 12.7. The summed E-state index contributed by atoms with van der Waals surface area (Å²) in [5, 5.41) is 0. The average Bonchev–Trinajstić information content (AvgIpc) is 2.33. The maximum atomic E-state index is 11.7. The Morgan fingerprint density at radius 2 is 2.08 bits per heavy atom. The van der Waals surface area contributed by atoms with Crippen LogP contribution in [0.1, 0.15) is 0 Å². The van der Waals surface area contributed by atoms with Gasteiger partial charge < -0.3 is 5.43 Å². The third-order valence-corrected chi connectivity index (χ3v) is 7.81. The van der Waals surface area contributed by atoms with E-state index in [1.807, 2.05) is 0 Å². The van der Waals surface area contributed by atoms with Crippen LogP contribution in [0.2, 0.25) is 0 Å². The van der Waals surface area contributed by atoms with Gasteiger partial charge in [-0.1, -0.05) is 0 Å². The highest BCUT2D eigenvalue weighted by Gasteiger charge is 2.41. The Kier molecular flexibility index (Phi) is 3.80. The Labute approximate surface area is 106 Å². The summed E-state index contributed by atoms with van der Waals surface area (Å²) in [6, 6.07) is 0. The van der Waals surface area contributed by atoms with E-state index in [1.165, 1.54) is 6.20 Å². The molecule has 0 bridgehead atoms. The van der Waals surface area contributed by atoms with Crippen molar-refractivity contribution in [3.63, 3.8) is 0 Å². The van der Waals surface area contributed by atoms with Crippen molar-refractivity contribution in [1.82, 2.24) is 9.84 Å². The van der Waals surface area contributed by atoms with Crippen LogP contribution in [0.4, 0.5) is 0 Å². The zero-order chi connectivity index (χ0) is 10.3. The minimum Gasteiger partial charge on any atom is -0.315 e. The summed E-state index contributed by atoms with van der Waals surface area (Å²) in [6.45, 7) is 0. The van der Waals surface area contributed by atoms with Gasteiger partial charge >= 0.3 is 0 Å². The van der Waals surface area contributed by atoms with Crippen molar-refractivity contribution in [2.45, 2.75) is 1.47 Å². The first kappa shape index (κ1) is 12.3. The van der Waals surface area contributed by atoms with E-state index in [2.05, 4.69) is 53.2 Å². The fourth-order valence-corrected chi connectivity index (χ4v) is 5.13. The Hall–Kier alpha value is 1.24. The molecular formula is C4H5Br3N2O2S2. The van der Waals surface area contributed by atoms with Crippen LogP contribution in [-0.2, 0) is 9.84 Å². The third kappa shape index (κ3) is 2.63. The van der Waals surface area contributed by atoms with Crippen LogP contribution in [-0.4, -0.2) is 21.4 Å². The van der Waals surface area contributed by atoms with Gasteiger partial charge in [-0.2, -0.15) is 4.41 Å². The lowest BCUT2D eigenvalue weighted by Gasteiger charge is -2.13. The molecule has 0 saturated carbocycles. The monoisotopic (exact) mass is 414 g/mol. The fourth-order valence-electron chi connectivity index (χ4n) is 0.572. The number of alkyl halides is 3. The van der Waals surface area contributed by atoms with Crippen LogP contribution in [0, 0.1) is 0 Å². The summed E-state index contributed by atoms with van der Waals surface area (Å²) in [7, 11) is -1.71. The van der Waals surface area contributed by atoms with Crippen LogP contribution in [0.25, 0.3) is 0 Å². The largest absolute Gasteiger partial charge is 0.315 e. The topological polar surface area (TPSA) is 49.4 Å². The second-order valence-electron chi connectivity index (χ2n) is 2.13. The minimum atomic E-state index is -3.44. The number of rotatable bonds is 1. The molecule has 4 nitrogen and oxygen atoms in total. The lowest BCUT2D eigenvalue weighted by Crippen LogP contribution is -2.18. The standard InChI is InChI=1S/C4H5Br3N2O2S2/c1-9-8-2-3(12-9)13(10,11)4(5,6)7/h2,8H,1H3. The van der Waals surface area contributed by atoms with Gasteiger partial charge in [0.15, 0.2) is 0 Å². The second kappa shape index (κ2) is 4.01. The smallest absolute Gasteiger partial charge is 0.240 e. The van der Waals surface area contributed by atoms with E-state index in [1.54, 1.807) is 11.5 Å². The van der Waals surface area contributed by atoms with E-state index >= 15 is 0 Å². The first-order chi connectivity index (χ1) is 5.75. The van der Waals surface area contributed by atoms with Crippen molar-refractivity contribution in [3.05, 3.63) is 10.4 Å². The van der Waals surface area contributed by atoms with E-state index in [0.717, 1.165) is 11.9 Å². The van der Waals surface area contributed by atoms with E-state index in [4.69, 9.17) is 0 Å². The number of hydrazine groups is 1. The highest BCUT2D eigenvalue weighted by atomic mass is 80.0. The lowest BCUT2D eigenvalue weighted by molar-refractivity contribution is 0.505. The minimum absolute atomic E-state index is 0.237. The number of nitrogens with one attached hydrogen (secondary N) is 1. The molecule has 0 fully saturated rings. The second-order valence-corrected chi connectivity index (χ2v) is 14.0. The fraction of sp³-hybridized carbons (Fsp3) is 0.500. The molecule has 0 atom stereocenters. The molecule has 0 amide bonds. The van der Waals surface area contributed by atoms with Crippen molar-refractivity contribution >= 4 is 69.6 Å². The van der Waals surface area contributed by atoms with E-state index in [9.17, 15) is 8.42 Å². The van der Waals surface area contributed by atoms with Crippen molar-refractivity contribution < 1.29 is 8.42 Å². The first-order valence-electron chi connectivity index (χ1n) is 2.94. The van der Waals surface area contributed by atoms with Gasteiger partial charge in [-0.3, -0.25) is 0 Å². The van der Waals surface area contributed by atoms with Gasteiger partial charge in [0.1, 0.15) is 4.24 Å². The summed E-state index contributed by atoms with van der Waals surface area (Å²) in [4.78, 5) is 0. The zero-order valence-electron chi connectivity index (χ0n) is 6.29. The van der Waals surface area contributed by atoms with Gasteiger partial charge in [0, 0.05) is 13.2 Å². The van der Waals surface area contributed by atoms with Crippen LogP contribution < -0.4 is 5.43 Å². The molecule has 1 aliphatic rings. The quantitative estimate of drug-likeness (QED) is 0.524. The molecule has 13 heavy (non-hydrogen) atoms. The predicted molar refractivity (Wildman–Crippen MR) is 65.0 cm³/mol. The van der Waals surface area contributed by atoms with Gasteiger partial charge in [-0.05, 0) is 59.7 Å². The third-order valence-electron chi connectivity index (χ3n) is 1.16. The van der Waals surface area contributed by atoms with Gasteiger partial charge in [-0.15, -0.1) is 0 Å². The molecule has 1 aliphatic heterocycles. The van der Waals surface area contributed by atoms with Gasteiger partial charge in [0.2, 0.25) is 11.3 Å². The lowest BCUT2D eigenvalue weighted by atomic mass is 11.0. The van der Waals surface area contributed by atoms with Crippen molar-refractivity contribution in [2.75, 3.05) is 7.05 Å². The Bertz CT molecular complexity index is 334. The Morgan fingerprint density at radius 1 is 1.54 bits per heavy atom. The molecular weight excluding hydrogens is 412 g/mol. The molecule has 0 radical (unpaired) electrons. The number of sulfone groups is 1. The van der Waals surface area contributed by atoms with Crippen molar-refractivity contribution in [2.24, 2.45) is 0 Å². The molecule has 0 spiro atoms. The molecule has 0 aromatic heterocycles. The van der Waals surface area contributed by atoms with Gasteiger partial charge in [0.25, 0.3) is 0 Å². The summed E-state index contributed by atoms with van der Waals surface area (Å²) in [5.41, 5.74) is 2.74. The Balaban J connectivity index is 2.97. The summed E-state index contributed by atoms with van der Waals surface area (Å²) < 4.78 is 23.9. The highest BCUT2D eigenvalue weighted by molar-refractivity contribution is 9.42. The number of halogens is 3. The van der Waals surface area contributed by atoms with Crippen LogP contribution in [0.15, 0.2) is 10.4 Å². The molecule has 0 aromatic rings. The van der Waals surface area contributed by atoms with Crippen LogP contribution in [0.5, 0.6) is 0 Å². The van der Waals surface area contributed by atoms with E-state index < -0.39 is 11.3 Å². The van der Waals surface area contributed by atoms with Crippen LogP contribution >= 0.6 is 59.7 Å². The summed E-state index contributed by atoms with van der Waals surface area (Å²) in [6.07, 6.45) is 1.43. The predicted octanol–water partition coefficient (Wildman–Crippen LogP) is 2.09. The number of nitrogens with zero attached hydrogens (tertiary/aromatic N) is 1. The molecule has 9 heteroatoms. The van der Waals surface area contributed by atoms with Crippen molar-refractivity contribution in [3.8, 4) is 0 Å². The molecule has 76 valence electrons. The maximum absolute atomic E-state index is 11.7. The Morgan fingerprint density at radius 3 is 2.38 bits per heavy atom. The average molecular weight is 417 g/mol. The number of hydrogen-bond donors (Lipinski definition) is 1. The molecule has 0 aliphatic carbocycles. The SMILES string of the molecule is CN1NC=C(S(=O)(=O)C(Br)(Br)Br)S1. The van der Waals surface area contributed by atoms with Crippen LogP contribution in [0.3, 0.4) is 0 Å². The van der Waals surface area contributed by atoms with Crippen molar-refractivity contribution in [1.29, 1.82) is 0 Å². The van der Waals surface area contributed by atoms with Gasteiger partial charge in [0.05, 0.1) is 0 Å². The van der Waals surface area contributed by atoms with E-state index in [-0.39, 0.29) is 4.24 Å². The highest BCUT2D eigenvalue weighted by Crippen LogP contribution is 2.46. The molecule has 1 heterocycles. The summed E-state index contributed by atoms with van der Waals surface area (Å²) >= 11 is 10.0. The van der Waals surface area contributed by atoms with Gasteiger partial charge in [-0.25, -0.2) is 8.42 Å². The number of hydrogen-bond acceptors (Lipinski definition) is 5. The molecule has 1 rings (SSSR count). The maximum Gasteiger partial charge on any atom is 0.240 e. The normalized spacial score (nSPS) is 19.8. The molecule has 0 unspecified atom stereocenters. The molecule has 0 aromatic carbocycles. The van der Waals surface area contributed by atoms with E-state index in [0.29, 0.717) is 0 Å². The first-order valence-corrected chi connectivity index (χ1v) is 7.58. The summed E-state index contributed by atoms with van der Waals surface area (Å²) in [5.74, 6) is 0. The molecule has 0 saturated heterocycles.